The first-order valence-electron chi connectivity index (χ1n) is 7.38. The minimum absolute atomic E-state index is 0.0552. The van der Waals surface area contributed by atoms with Crippen LogP contribution in [0.25, 0.3) is 0 Å². The van der Waals surface area contributed by atoms with Gasteiger partial charge in [-0.15, -0.1) is 0 Å². The van der Waals surface area contributed by atoms with Crippen molar-refractivity contribution in [2.75, 3.05) is 32.1 Å². The van der Waals surface area contributed by atoms with E-state index in [0.717, 1.165) is 0 Å². The average molecular weight is 333 g/mol. The zero-order valence-corrected chi connectivity index (χ0v) is 13.6. The number of nitrogens with one attached hydrogen (secondary N) is 1. The first kappa shape index (κ1) is 17.3. The molecule has 0 aromatic carbocycles. The van der Waals surface area contributed by atoms with Gasteiger partial charge in [-0.05, 0) is 6.92 Å². The predicted octanol–water partition coefficient (Wildman–Crippen LogP) is -1.56. The highest BCUT2D eigenvalue weighted by molar-refractivity contribution is 7.79. The van der Waals surface area contributed by atoms with Crippen molar-refractivity contribution >= 4 is 22.9 Å². The van der Waals surface area contributed by atoms with Crippen LogP contribution in [0.15, 0.2) is 0 Å². The van der Waals surface area contributed by atoms with Crippen molar-refractivity contribution in [3.05, 3.63) is 0 Å². The molecule has 2 aliphatic heterocycles. The highest BCUT2D eigenvalue weighted by atomic mass is 32.2. The fourth-order valence-electron chi connectivity index (χ4n) is 3.07. The zero-order chi connectivity index (χ0) is 16.4. The monoisotopic (exact) mass is 333 g/mol. The van der Waals surface area contributed by atoms with Crippen LogP contribution in [0, 0.1) is 11.8 Å². The first-order chi connectivity index (χ1) is 10.3. The number of carbonyl (C=O) groups excluding carboxylic acids is 2. The largest absolute Gasteiger partial charge is 0.393 e. The Labute approximate surface area is 132 Å². The topological polar surface area (TPSA) is 110 Å². The van der Waals surface area contributed by atoms with E-state index >= 15 is 0 Å². The molecule has 2 aliphatic rings. The molecule has 22 heavy (non-hydrogen) atoms. The maximum Gasteiger partial charge on any atom is 0.228 e. The van der Waals surface area contributed by atoms with Crippen molar-refractivity contribution < 1.29 is 23.5 Å². The number of piperazine rings is 1. The molecule has 0 aromatic heterocycles. The molecule has 126 valence electrons. The second-order valence-corrected chi connectivity index (χ2v) is 6.88. The molecule has 5 atom stereocenters. The van der Waals surface area contributed by atoms with Crippen molar-refractivity contribution in [2.24, 2.45) is 11.8 Å². The van der Waals surface area contributed by atoms with Gasteiger partial charge in [0.1, 0.15) is 5.88 Å². The van der Waals surface area contributed by atoms with Gasteiger partial charge in [0.15, 0.2) is 11.1 Å². The molecule has 8 nitrogen and oxygen atoms in total. The van der Waals surface area contributed by atoms with Gasteiger partial charge in [-0.1, -0.05) is 6.92 Å². The number of carbonyl (C=O) groups is 2. The van der Waals surface area contributed by atoms with E-state index in [1.165, 1.54) is 0 Å². The molecule has 0 saturated carbocycles. The number of aliphatic hydroxyl groups excluding tert-OH is 1. The Morgan fingerprint density at radius 2 is 1.95 bits per heavy atom. The summed E-state index contributed by atoms with van der Waals surface area (Å²) >= 11 is -1.86. The highest BCUT2D eigenvalue weighted by Crippen LogP contribution is 2.27. The number of nitrogens with zero attached hydrogens (tertiary/aromatic N) is 2. The normalized spacial score (nSPS) is 30.2. The fraction of sp³-hybridized carbons (Fsp3) is 0.846. The molecule has 0 aromatic rings. The van der Waals surface area contributed by atoms with Gasteiger partial charge in [0.05, 0.1) is 24.0 Å². The third kappa shape index (κ3) is 3.65. The number of β-lactam (4-membered cyclic amide) rings is 1. The molecule has 3 N–H and O–H groups in total. The molecule has 2 rings (SSSR count). The molecule has 0 bridgehead atoms. The van der Waals surface area contributed by atoms with Crippen LogP contribution in [-0.4, -0.2) is 79.7 Å². The highest BCUT2D eigenvalue weighted by Gasteiger charge is 2.47. The van der Waals surface area contributed by atoms with Crippen LogP contribution in [-0.2, 0) is 20.7 Å². The van der Waals surface area contributed by atoms with Gasteiger partial charge in [-0.3, -0.25) is 14.5 Å². The third-order valence-electron chi connectivity index (χ3n) is 4.42. The maximum absolute atomic E-state index is 12.5. The van der Waals surface area contributed by atoms with E-state index in [-0.39, 0.29) is 23.7 Å². The first-order valence-corrected chi connectivity index (χ1v) is 8.66. The summed E-state index contributed by atoms with van der Waals surface area (Å²) in [6, 6.07) is -0.331. The van der Waals surface area contributed by atoms with Gasteiger partial charge in [0, 0.05) is 26.2 Å². The van der Waals surface area contributed by atoms with Gasteiger partial charge in [0.2, 0.25) is 11.8 Å². The quantitative estimate of drug-likeness (QED) is 0.415. The molecule has 2 heterocycles. The van der Waals surface area contributed by atoms with Gasteiger partial charge >= 0.3 is 0 Å². The van der Waals surface area contributed by atoms with Crippen LogP contribution in [0.2, 0.25) is 0 Å². The molecular formula is C13H23N3O5S. The lowest BCUT2D eigenvalue weighted by Gasteiger charge is -2.43. The van der Waals surface area contributed by atoms with Crippen LogP contribution in [0.4, 0.5) is 0 Å². The summed E-state index contributed by atoms with van der Waals surface area (Å²) in [4.78, 5) is 27.5. The standard InChI is InChI=1S/C13H23N3O5S/c1-8(11-10(9(2)17)12(18)14-11)13(19)16-5-3-15(4-6-16)7-22(20)21/h8-11,17H,3-7H2,1-2H3,(H,14,18)(H,20,21)/t8-,9-,10-,11-/m1/s1. The molecule has 2 saturated heterocycles. The van der Waals surface area contributed by atoms with Crippen LogP contribution in [0.1, 0.15) is 13.8 Å². The summed E-state index contributed by atoms with van der Waals surface area (Å²) in [6.07, 6.45) is -0.773. The molecular weight excluding hydrogens is 310 g/mol. The Kier molecular flexibility index (Phi) is 5.54. The summed E-state index contributed by atoms with van der Waals surface area (Å²) in [5, 5.41) is 12.3. The summed E-state index contributed by atoms with van der Waals surface area (Å²) in [6.45, 7) is 5.43. The van der Waals surface area contributed by atoms with E-state index in [0.29, 0.717) is 26.2 Å². The van der Waals surface area contributed by atoms with Crippen LogP contribution in [0.3, 0.4) is 0 Å². The van der Waals surface area contributed by atoms with Gasteiger partial charge < -0.3 is 19.9 Å². The van der Waals surface area contributed by atoms with E-state index in [2.05, 4.69) is 5.32 Å². The molecule has 0 spiro atoms. The van der Waals surface area contributed by atoms with E-state index < -0.39 is 29.0 Å². The smallest absolute Gasteiger partial charge is 0.228 e. The molecule has 2 amide bonds. The van der Waals surface area contributed by atoms with E-state index in [4.69, 9.17) is 4.55 Å². The van der Waals surface area contributed by atoms with Gasteiger partial charge in [-0.2, -0.15) is 0 Å². The van der Waals surface area contributed by atoms with E-state index in [1.807, 2.05) is 4.90 Å². The second-order valence-electron chi connectivity index (χ2n) is 5.98. The Morgan fingerprint density at radius 1 is 1.36 bits per heavy atom. The van der Waals surface area contributed by atoms with E-state index in [1.54, 1.807) is 18.7 Å². The van der Waals surface area contributed by atoms with Crippen LogP contribution < -0.4 is 5.32 Å². The average Bonchev–Trinajstić information content (AvgIpc) is 2.42. The van der Waals surface area contributed by atoms with Crippen molar-refractivity contribution in [3.63, 3.8) is 0 Å². The Bertz CT molecular complexity index is 465. The summed E-state index contributed by atoms with van der Waals surface area (Å²) in [7, 11) is 0. The summed E-state index contributed by atoms with van der Waals surface area (Å²) in [5.41, 5.74) is 0. The Morgan fingerprint density at radius 3 is 2.41 bits per heavy atom. The van der Waals surface area contributed by atoms with Crippen molar-refractivity contribution in [3.8, 4) is 0 Å². The van der Waals surface area contributed by atoms with E-state index in [9.17, 15) is 18.9 Å². The molecule has 0 aliphatic carbocycles. The number of amides is 2. The number of hydrogen-bond acceptors (Lipinski definition) is 5. The Balaban J connectivity index is 1.87. The summed E-state index contributed by atoms with van der Waals surface area (Å²) in [5.74, 6) is -1.09. The maximum atomic E-state index is 12.5. The SMILES string of the molecule is C[C@@H](O)[C@H]1C(=O)N[C@@H]1[C@@H](C)C(=O)N1CCN(CS(=O)O)CC1. The lowest BCUT2D eigenvalue weighted by Crippen LogP contribution is -2.66. The predicted molar refractivity (Wildman–Crippen MR) is 80.1 cm³/mol. The third-order valence-corrected chi connectivity index (χ3v) is 5.01. The number of aliphatic hydroxyl groups is 1. The van der Waals surface area contributed by atoms with Crippen LogP contribution >= 0.6 is 0 Å². The van der Waals surface area contributed by atoms with Crippen molar-refractivity contribution in [1.29, 1.82) is 0 Å². The number of rotatable bonds is 5. The van der Waals surface area contributed by atoms with Crippen molar-refractivity contribution in [1.82, 2.24) is 15.1 Å². The second kappa shape index (κ2) is 7.03. The van der Waals surface area contributed by atoms with Crippen molar-refractivity contribution in [2.45, 2.75) is 26.0 Å². The Hall–Kier alpha value is -1.03. The lowest BCUT2D eigenvalue weighted by molar-refractivity contribution is -0.149. The zero-order valence-electron chi connectivity index (χ0n) is 12.8. The number of hydrogen-bond donors (Lipinski definition) is 3. The molecule has 2 fully saturated rings. The van der Waals surface area contributed by atoms with Crippen LogP contribution in [0.5, 0.6) is 0 Å². The lowest BCUT2D eigenvalue weighted by atomic mass is 9.78. The minimum Gasteiger partial charge on any atom is -0.393 e. The minimum atomic E-state index is -1.86. The summed E-state index contributed by atoms with van der Waals surface area (Å²) < 4.78 is 19.7. The molecule has 0 radical (unpaired) electrons. The fourth-order valence-corrected chi connectivity index (χ4v) is 3.64. The molecule has 1 unspecified atom stereocenters. The van der Waals surface area contributed by atoms with Gasteiger partial charge in [0.25, 0.3) is 0 Å². The van der Waals surface area contributed by atoms with Gasteiger partial charge in [-0.25, -0.2) is 4.21 Å². The molecule has 9 heteroatoms.